The number of Topliss-reactive ketones (excluding diaryl/α,β-unsaturated/α-hetero) is 1. The van der Waals surface area contributed by atoms with Crippen LogP contribution in [0.1, 0.15) is 42.7 Å². The Morgan fingerprint density at radius 3 is 2.48 bits per heavy atom. The Kier molecular flexibility index (Phi) is 8.67. The Morgan fingerprint density at radius 1 is 1.05 bits per heavy atom. The van der Waals surface area contributed by atoms with E-state index in [9.17, 15) is 18.8 Å². The minimum atomic E-state index is -0.852. The van der Waals surface area contributed by atoms with Crippen LogP contribution < -0.4 is 21.3 Å². The molecule has 0 spiro atoms. The van der Waals surface area contributed by atoms with Gasteiger partial charge in [-0.25, -0.2) is 23.1 Å². The van der Waals surface area contributed by atoms with Crippen LogP contribution in [-0.4, -0.2) is 49.9 Å². The number of fused-ring (bicyclic) bond motifs is 1. The lowest BCUT2D eigenvalue weighted by atomic mass is 10.0. The van der Waals surface area contributed by atoms with Crippen LogP contribution in [0.5, 0.6) is 11.5 Å². The van der Waals surface area contributed by atoms with Crippen LogP contribution in [0.3, 0.4) is 0 Å². The van der Waals surface area contributed by atoms with Gasteiger partial charge >= 0.3 is 5.69 Å². The van der Waals surface area contributed by atoms with Gasteiger partial charge in [0.1, 0.15) is 22.5 Å². The average Bonchev–Trinajstić information content (AvgIpc) is 3.38. The van der Waals surface area contributed by atoms with Gasteiger partial charge in [-0.2, -0.15) is 5.10 Å². The van der Waals surface area contributed by atoms with Crippen molar-refractivity contribution in [2.24, 2.45) is 0 Å². The molecule has 0 fully saturated rings. The maximum Gasteiger partial charge on any atom is 0.335 e. The van der Waals surface area contributed by atoms with Gasteiger partial charge in [-0.3, -0.25) is 19.3 Å². The van der Waals surface area contributed by atoms with Crippen LogP contribution >= 0.6 is 0 Å². The first-order chi connectivity index (χ1) is 21.1. The quantitative estimate of drug-likeness (QED) is 0.206. The molecular weight excluding hydrogens is 574 g/mol. The fourth-order valence-electron chi connectivity index (χ4n) is 4.72. The zero-order valence-electron chi connectivity index (χ0n) is 24.4. The summed E-state index contributed by atoms with van der Waals surface area (Å²) in [4.78, 5) is 44.0. The number of anilines is 1. The summed E-state index contributed by atoms with van der Waals surface area (Å²) in [6.45, 7) is 5.79. The van der Waals surface area contributed by atoms with Gasteiger partial charge in [-0.1, -0.05) is 6.07 Å². The largest absolute Gasteiger partial charge is 0.453 e. The summed E-state index contributed by atoms with van der Waals surface area (Å²) in [6, 6.07) is 9.97. The second-order valence-electron chi connectivity index (χ2n) is 10.5. The second kappa shape index (κ2) is 12.6. The van der Waals surface area contributed by atoms with Gasteiger partial charge in [0.05, 0.1) is 12.3 Å². The van der Waals surface area contributed by atoms with Gasteiger partial charge in [0.25, 0.3) is 5.56 Å². The summed E-state index contributed by atoms with van der Waals surface area (Å²) in [7, 11) is 1.59. The lowest BCUT2D eigenvalue weighted by Crippen LogP contribution is -2.42. The zero-order chi connectivity index (χ0) is 31.5. The average molecular weight is 605 g/mol. The van der Waals surface area contributed by atoms with Gasteiger partial charge < -0.3 is 14.8 Å². The van der Waals surface area contributed by atoms with E-state index in [4.69, 9.17) is 9.47 Å². The van der Waals surface area contributed by atoms with E-state index in [-0.39, 0.29) is 41.1 Å². The van der Waals surface area contributed by atoms with Gasteiger partial charge in [0.15, 0.2) is 28.8 Å². The lowest BCUT2D eigenvalue weighted by molar-refractivity contribution is 0.0990. The summed E-state index contributed by atoms with van der Waals surface area (Å²) in [5.74, 6) is -1.23. The molecule has 0 radical (unpaired) electrons. The van der Waals surface area contributed by atoms with Crippen LogP contribution in [0, 0.1) is 11.6 Å². The van der Waals surface area contributed by atoms with Crippen LogP contribution in [0.25, 0.3) is 16.7 Å². The van der Waals surface area contributed by atoms with E-state index in [1.807, 2.05) is 6.92 Å². The number of hydrogen-bond acceptors (Lipinski definition) is 8. The molecule has 0 aliphatic heterocycles. The molecule has 3 heterocycles. The highest BCUT2D eigenvalue weighted by atomic mass is 19.1. The number of hydrogen-bond donors (Lipinski definition) is 2. The number of carbonyl (C=O) groups excluding carboxylic acids is 1. The molecule has 11 nitrogen and oxygen atoms in total. The number of methoxy groups -OCH3 is 1. The molecule has 0 unspecified atom stereocenters. The monoisotopic (exact) mass is 604 g/mol. The van der Waals surface area contributed by atoms with E-state index < -0.39 is 28.7 Å². The number of nitrogens with zero attached hydrogens (tertiary/aromatic N) is 4. The number of carbonyl (C=O) groups is 1. The molecular formula is C31H30F2N6O5. The number of halogens is 2. The Balaban J connectivity index is 1.42. The van der Waals surface area contributed by atoms with Crippen LogP contribution in [0.15, 0.2) is 70.5 Å². The van der Waals surface area contributed by atoms with Gasteiger partial charge in [0.2, 0.25) is 0 Å². The molecule has 0 aliphatic rings. The molecule has 5 aromatic rings. The topological polar surface area (TPSA) is 133 Å². The lowest BCUT2D eigenvalue weighted by Gasteiger charge is -2.15. The SMILES string of the molecule is COC[C@H](C)Nc1n[nH]c2nccc(Oc3ccc(CC(=O)c4cn(C(C)C)c(=O)n(-c5ccc(F)cc5)c4=O)cc3F)c12. The highest BCUT2D eigenvalue weighted by Crippen LogP contribution is 2.34. The molecule has 5 rings (SSSR count). The van der Waals surface area contributed by atoms with Crippen LogP contribution in [-0.2, 0) is 11.2 Å². The fraction of sp³-hybridized carbons (Fsp3) is 0.258. The molecule has 0 aliphatic carbocycles. The number of ether oxygens (including phenoxy) is 2. The number of rotatable bonds is 11. The summed E-state index contributed by atoms with van der Waals surface area (Å²) >= 11 is 0. The second-order valence-corrected chi connectivity index (χ2v) is 10.5. The van der Waals surface area contributed by atoms with E-state index in [0.29, 0.717) is 29.2 Å². The summed E-state index contributed by atoms with van der Waals surface area (Å²) in [5, 5.41) is 10.8. The first-order valence-electron chi connectivity index (χ1n) is 13.8. The number of aromatic amines is 1. The predicted octanol–water partition coefficient (Wildman–Crippen LogP) is 4.79. The maximum absolute atomic E-state index is 15.3. The first kappa shape index (κ1) is 30.3. The van der Waals surface area contributed by atoms with E-state index in [1.165, 1.54) is 41.2 Å². The highest BCUT2D eigenvalue weighted by molar-refractivity contribution is 5.97. The molecule has 0 saturated carbocycles. The molecule has 13 heteroatoms. The smallest absolute Gasteiger partial charge is 0.335 e. The first-order valence-corrected chi connectivity index (χ1v) is 13.8. The van der Waals surface area contributed by atoms with Gasteiger partial charge in [-0.15, -0.1) is 0 Å². The van der Waals surface area contributed by atoms with Crippen molar-refractivity contribution < 1.29 is 23.0 Å². The Hall–Kier alpha value is -5.17. The van der Waals surface area contributed by atoms with Crippen molar-refractivity contribution in [3.05, 3.63) is 105 Å². The van der Waals surface area contributed by atoms with E-state index in [1.54, 1.807) is 27.0 Å². The van der Waals surface area contributed by atoms with Crippen LogP contribution in [0.4, 0.5) is 14.6 Å². The Bertz CT molecular complexity index is 1950. The van der Waals surface area contributed by atoms with E-state index in [2.05, 4.69) is 20.5 Å². The molecule has 228 valence electrons. The molecule has 2 N–H and O–H groups in total. The normalized spacial score (nSPS) is 12.1. The third-order valence-corrected chi connectivity index (χ3v) is 6.86. The van der Waals surface area contributed by atoms with Crippen molar-refractivity contribution in [2.75, 3.05) is 19.0 Å². The predicted molar refractivity (Wildman–Crippen MR) is 160 cm³/mol. The molecule has 0 saturated heterocycles. The minimum absolute atomic E-state index is 0.0761. The van der Waals surface area contributed by atoms with Crippen molar-refractivity contribution in [2.45, 2.75) is 39.3 Å². The molecule has 3 aromatic heterocycles. The van der Waals surface area contributed by atoms with Crippen molar-refractivity contribution >= 4 is 22.6 Å². The van der Waals surface area contributed by atoms with E-state index >= 15 is 4.39 Å². The van der Waals surface area contributed by atoms with E-state index in [0.717, 1.165) is 22.8 Å². The third kappa shape index (κ3) is 6.13. The number of pyridine rings is 1. The standard InChI is InChI=1S/C31H30F2N6O5/c1-17(2)38-15-22(30(41)39(31(38)42)21-8-6-20(32)7-9-21)24(40)14-19-5-10-25(23(33)13-19)44-26-11-12-34-28-27(26)29(37-36-28)35-18(3)16-43-4/h5-13,15,17-18H,14,16H2,1-4H3,(H2,34,35,36,37)/t18-/m0/s1. The van der Waals surface area contributed by atoms with Crippen molar-refractivity contribution in [3.8, 4) is 17.2 Å². The summed E-state index contributed by atoms with van der Waals surface area (Å²) in [6.07, 6.45) is 2.39. The Morgan fingerprint density at radius 2 is 1.80 bits per heavy atom. The maximum atomic E-state index is 15.3. The van der Waals surface area contributed by atoms with Gasteiger partial charge in [-0.05, 0) is 62.7 Å². The summed E-state index contributed by atoms with van der Waals surface area (Å²) < 4.78 is 42.0. The van der Waals surface area contributed by atoms with Gasteiger partial charge in [0, 0.05) is 44.1 Å². The minimum Gasteiger partial charge on any atom is -0.453 e. The fourth-order valence-corrected chi connectivity index (χ4v) is 4.72. The molecule has 0 amide bonds. The summed E-state index contributed by atoms with van der Waals surface area (Å²) in [5.41, 5.74) is -0.942. The molecule has 44 heavy (non-hydrogen) atoms. The number of nitrogens with one attached hydrogen (secondary N) is 2. The molecule has 1 atom stereocenters. The van der Waals surface area contributed by atoms with Crippen LogP contribution in [0.2, 0.25) is 0 Å². The van der Waals surface area contributed by atoms with Crippen molar-refractivity contribution in [1.82, 2.24) is 24.3 Å². The number of benzene rings is 2. The number of H-pyrrole nitrogens is 1. The number of aromatic nitrogens is 5. The zero-order valence-corrected chi connectivity index (χ0v) is 24.4. The molecule has 2 aromatic carbocycles. The Labute approximate surface area is 250 Å². The molecule has 0 bridgehead atoms. The van der Waals surface area contributed by atoms with Crippen molar-refractivity contribution in [3.63, 3.8) is 0 Å². The highest BCUT2D eigenvalue weighted by Gasteiger charge is 2.21. The number of ketones is 1. The third-order valence-electron chi connectivity index (χ3n) is 6.86. The van der Waals surface area contributed by atoms with Crippen molar-refractivity contribution in [1.29, 1.82) is 0 Å².